The molecule has 3 atom stereocenters. The number of allylic oxidation sites excluding steroid dienone is 1. The minimum atomic E-state index is -3.33. The topological polar surface area (TPSA) is 82.1 Å². The highest BCUT2D eigenvalue weighted by Crippen LogP contribution is 2.35. The van der Waals surface area contributed by atoms with Gasteiger partial charge in [0, 0.05) is 11.8 Å². The van der Waals surface area contributed by atoms with Gasteiger partial charge >= 0.3 is 11.9 Å². The van der Waals surface area contributed by atoms with Crippen LogP contribution in [0.4, 0.5) is 8.78 Å². The van der Waals surface area contributed by atoms with Gasteiger partial charge in [-0.2, -0.15) is 8.78 Å². The van der Waals surface area contributed by atoms with Crippen LogP contribution in [0.25, 0.3) is 0 Å². The van der Waals surface area contributed by atoms with Gasteiger partial charge in [0.25, 0.3) is 5.92 Å². The van der Waals surface area contributed by atoms with Gasteiger partial charge in [-0.15, -0.1) is 0 Å². The maximum Gasteiger partial charge on any atom is 0.320 e. The summed E-state index contributed by atoms with van der Waals surface area (Å²) in [6.45, 7) is 2.37. The van der Waals surface area contributed by atoms with Crippen LogP contribution < -0.4 is 4.74 Å². The van der Waals surface area contributed by atoms with E-state index >= 15 is 0 Å². The van der Waals surface area contributed by atoms with Crippen LogP contribution in [0, 0.1) is 17.8 Å². The fraction of sp³-hybridized carbons (Fsp3) is 0.455. The Balaban J connectivity index is 2.14. The van der Waals surface area contributed by atoms with Crippen molar-refractivity contribution in [2.75, 3.05) is 19.8 Å². The summed E-state index contributed by atoms with van der Waals surface area (Å²) in [7, 11) is 0. The summed E-state index contributed by atoms with van der Waals surface area (Å²) in [5.41, 5.74) is 0. The number of aliphatic hydroxyl groups excluding tert-OH is 1. The van der Waals surface area contributed by atoms with Gasteiger partial charge in [-0.05, 0) is 32.1 Å². The molecular formula is C22H26F2O6. The molecular weight excluding hydrogens is 398 g/mol. The normalized spacial score (nSPS) is 21.2. The molecule has 1 aromatic carbocycles. The molecule has 0 heterocycles. The number of alkyl halides is 2. The molecule has 0 amide bonds. The van der Waals surface area contributed by atoms with Crippen LogP contribution in [-0.4, -0.2) is 48.9 Å². The van der Waals surface area contributed by atoms with Crippen molar-refractivity contribution in [2.45, 2.75) is 25.9 Å². The zero-order valence-electron chi connectivity index (χ0n) is 16.9. The molecule has 1 aromatic rings. The number of ether oxygens (including phenoxy) is 3. The van der Waals surface area contributed by atoms with Crippen LogP contribution >= 0.6 is 0 Å². The van der Waals surface area contributed by atoms with Crippen molar-refractivity contribution >= 4 is 11.9 Å². The third-order valence-corrected chi connectivity index (χ3v) is 4.57. The van der Waals surface area contributed by atoms with E-state index in [0.717, 1.165) is 6.08 Å². The number of benzene rings is 1. The zero-order valence-corrected chi connectivity index (χ0v) is 16.9. The van der Waals surface area contributed by atoms with Crippen molar-refractivity contribution in [1.29, 1.82) is 0 Å². The fourth-order valence-electron chi connectivity index (χ4n) is 3.17. The zero-order chi connectivity index (χ0) is 22.1. The summed E-state index contributed by atoms with van der Waals surface area (Å²) in [4.78, 5) is 24.7. The lowest BCUT2D eigenvalue weighted by molar-refractivity contribution is -0.164. The van der Waals surface area contributed by atoms with E-state index in [9.17, 15) is 23.5 Å². The number of esters is 2. The summed E-state index contributed by atoms with van der Waals surface area (Å²) in [5, 5.41) is 10.2. The molecule has 0 fully saturated rings. The monoisotopic (exact) mass is 424 g/mol. The van der Waals surface area contributed by atoms with Crippen molar-refractivity contribution in [1.82, 2.24) is 0 Å². The highest BCUT2D eigenvalue weighted by atomic mass is 19.3. The van der Waals surface area contributed by atoms with E-state index in [-0.39, 0.29) is 13.2 Å². The number of carbonyl (C=O) groups is 2. The molecule has 8 heteroatoms. The first kappa shape index (κ1) is 23.5. The molecule has 0 aromatic heterocycles. The van der Waals surface area contributed by atoms with E-state index < -0.39 is 48.3 Å². The largest absolute Gasteiger partial charge is 0.487 e. The quantitative estimate of drug-likeness (QED) is 0.353. The molecule has 0 radical (unpaired) electrons. The predicted octanol–water partition coefficient (Wildman–Crippen LogP) is 3.16. The third kappa shape index (κ3) is 6.38. The summed E-state index contributed by atoms with van der Waals surface area (Å²) >= 11 is 0. The number of para-hydroxylation sites is 1. The van der Waals surface area contributed by atoms with Crippen LogP contribution in [0.15, 0.2) is 54.6 Å². The van der Waals surface area contributed by atoms with Gasteiger partial charge in [0.05, 0.1) is 19.3 Å². The molecule has 0 bridgehead atoms. The summed E-state index contributed by atoms with van der Waals surface area (Å²) in [6, 6.07) is 8.19. The Bertz CT molecular complexity index is 744. The lowest BCUT2D eigenvalue weighted by atomic mass is 9.82. The minimum absolute atomic E-state index is 0.0448. The maximum absolute atomic E-state index is 14.3. The number of carbonyl (C=O) groups excluding carboxylic acids is 2. The number of rotatable bonds is 10. The van der Waals surface area contributed by atoms with Gasteiger partial charge < -0.3 is 19.3 Å². The molecule has 30 heavy (non-hydrogen) atoms. The Hall–Kier alpha value is -2.74. The molecule has 1 aliphatic carbocycles. The molecule has 0 saturated heterocycles. The highest BCUT2D eigenvalue weighted by molar-refractivity contribution is 5.95. The van der Waals surface area contributed by atoms with E-state index in [0.29, 0.717) is 11.8 Å². The predicted molar refractivity (Wildman–Crippen MR) is 105 cm³/mol. The van der Waals surface area contributed by atoms with E-state index in [2.05, 4.69) is 0 Å². The third-order valence-electron chi connectivity index (χ3n) is 4.57. The van der Waals surface area contributed by atoms with Crippen LogP contribution in [-0.2, 0) is 19.1 Å². The van der Waals surface area contributed by atoms with Crippen molar-refractivity contribution < 1.29 is 37.7 Å². The van der Waals surface area contributed by atoms with E-state index in [1.54, 1.807) is 44.2 Å². The summed E-state index contributed by atoms with van der Waals surface area (Å²) in [6.07, 6.45) is 3.41. The second-order valence-electron chi connectivity index (χ2n) is 6.73. The molecule has 0 spiro atoms. The molecule has 2 rings (SSSR count). The first-order valence-corrected chi connectivity index (χ1v) is 9.73. The van der Waals surface area contributed by atoms with Crippen LogP contribution in [0.1, 0.15) is 13.8 Å². The van der Waals surface area contributed by atoms with Crippen molar-refractivity contribution in [3.63, 3.8) is 0 Å². The van der Waals surface area contributed by atoms with Gasteiger partial charge in [-0.3, -0.25) is 9.59 Å². The molecule has 164 valence electrons. The SMILES string of the molecule is CCOC(=O)C(C(=O)OCC)[C@H]1C=C[C@@H](O)[C@@H]1/C=C/C(F)(F)COc1ccccc1. The Labute approximate surface area is 174 Å². The maximum atomic E-state index is 14.3. The van der Waals surface area contributed by atoms with E-state index in [1.807, 2.05) is 0 Å². The van der Waals surface area contributed by atoms with Crippen LogP contribution in [0.2, 0.25) is 0 Å². The second-order valence-corrected chi connectivity index (χ2v) is 6.73. The van der Waals surface area contributed by atoms with Gasteiger partial charge in [0.1, 0.15) is 5.75 Å². The van der Waals surface area contributed by atoms with Gasteiger partial charge in [0.2, 0.25) is 0 Å². The van der Waals surface area contributed by atoms with Crippen LogP contribution in [0.5, 0.6) is 5.75 Å². The Morgan fingerprint density at radius 3 is 2.27 bits per heavy atom. The minimum Gasteiger partial charge on any atom is -0.487 e. The number of hydrogen-bond acceptors (Lipinski definition) is 6. The summed E-state index contributed by atoms with van der Waals surface area (Å²) < 4.78 is 43.6. The van der Waals surface area contributed by atoms with Gasteiger partial charge in [-0.1, -0.05) is 36.4 Å². The molecule has 1 N–H and O–H groups in total. The lowest BCUT2D eigenvalue weighted by Gasteiger charge is -2.25. The van der Waals surface area contributed by atoms with Crippen molar-refractivity contribution in [3.8, 4) is 5.75 Å². The average Bonchev–Trinajstić information content (AvgIpc) is 3.06. The van der Waals surface area contributed by atoms with E-state index in [1.165, 1.54) is 12.2 Å². The van der Waals surface area contributed by atoms with Crippen molar-refractivity contribution in [3.05, 3.63) is 54.6 Å². The Morgan fingerprint density at radius 2 is 1.70 bits per heavy atom. The highest BCUT2D eigenvalue weighted by Gasteiger charge is 2.44. The van der Waals surface area contributed by atoms with Crippen LogP contribution in [0.3, 0.4) is 0 Å². The first-order valence-electron chi connectivity index (χ1n) is 9.73. The molecule has 1 aliphatic rings. The number of aliphatic hydroxyl groups is 1. The van der Waals surface area contributed by atoms with Gasteiger partial charge in [0.15, 0.2) is 12.5 Å². The molecule has 0 saturated carbocycles. The smallest absolute Gasteiger partial charge is 0.320 e. The molecule has 6 nitrogen and oxygen atoms in total. The van der Waals surface area contributed by atoms with Gasteiger partial charge in [-0.25, -0.2) is 0 Å². The average molecular weight is 424 g/mol. The first-order chi connectivity index (χ1) is 14.3. The fourth-order valence-corrected chi connectivity index (χ4v) is 3.17. The Kier molecular flexibility index (Phi) is 8.53. The van der Waals surface area contributed by atoms with Crippen molar-refractivity contribution in [2.24, 2.45) is 17.8 Å². The standard InChI is InChI=1S/C22H26F2O6/c1-3-28-20(26)19(21(27)29-4-2)17-10-11-18(25)16(17)12-13-22(23,24)14-30-15-8-6-5-7-9-15/h5-13,16-19,25H,3-4,14H2,1-2H3/b13-12+/t16-,17+,18-/m1/s1. The Morgan fingerprint density at radius 1 is 1.10 bits per heavy atom. The molecule has 0 aliphatic heterocycles. The lowest BCUT2D eigenvalue weighted by Crippen LogP contribution is -2.37. The van der Waals surface area contributed by atoms with E-state index in [4.69, 9.17) is 14.2 Å². The number of hydrogen-bond donors (Lipinski definition) is 1. The number of halogens is 2. The summed E-state index contributed by atoms with van der Waals surface area (Å²) in [5.74, 6) is -7.83. The molecule has 0 unspecified atom stereocenters. The second kappa shape index (κ2) is 10.9.